The summed E-state index contributed by atoms with van der Waals surface area (Å²) >= 11 is 1.07. The van der Waals surface area contributed by atoms with Crippen LogP contribution < -0.4 is 9.84 Å². The Hall–Kier alpha value is -2.40. The van der Waals surface area contributed by atoms with Crippen molar-refractivity contribution in [3.05, 3.63) is 59.1 Å². The number of carbonyl (C=O) groups excluding carboxylic acids is 1. The highest BCUT2D eigenvalue weighted by molar-refractivity contribution is 7.20. The lowest BCUT2D eigenvalue weighted by molar-refractivity contribution is -0.254. The molecular weight excluding hydrogens is 274 g/mol. The number of carboxylic acids is 1. The summed E-state index contributed by atoms with van der Waals surface area (Å²) in [6, 6.07) is 13.1. The molecule has 0 saturated carbocycles. The zero-order chi connectivity index (χ0) is 13.9. The molecule has 0 aliphatic rings. The minimum atomic E-state index is -1.24. The van der Waals surface area contributed by atoms with Crippen LogP contribution in [0.4, 0.5) is 0 Å². The van der Waals surface area contributed by atoms with Crippen LogP contribution in [0.25, 0.3) is 10.2 Å². The highest BCUT2D eigenvalue weighted by Crippen LogP contribution is 2.36. The van der Waals surface area contributed by atoms with Crippen molar-refractivity contribution in [1.82, 2.24) is 4.98 Å². The fraction of sp³-hybridized carbons (Fsp3) is 0.0667. The predicted molar refractivity (Wildman–Crippen MR) is 74.7 cm³/mol. The first-order valence-corrected chi connectivity index (χ1v) is 6.83. The zero-order valence-corrected chi connectivity index (χ0v) is 11.2. The summed E-state index contributed by atoms with van der Waals surface area (Å²) in [6.07, 6.45) is 1.62. The SMILES string of the molecule is O=C([O-])c1sc2ncccc2c1OCc1ccccc1. The molecule has 0 radical (unpaired) electrons. The van der Waals surface area contributed by atoms with Gasteiger partial charge in [-0.15, -0.1) is 11.3 Å². The van der Waals surface area contributed by atoms with E-state index in [-0.39, 0.29) is 4.88 Å². The summed E-state index contributed by atoms with van der Waals surface area (Å²) in [6.45, 7) is 0.307. The topological polar surface area (TPSA) is 62.2 Å². The number of pyridine rings is 1. The lowest BCUT2D eigenvalue weighted by Crippen LogP contribution is -2.21. The minimum absolute atomic E-state index is 0.0784. The van der Waals surface area contributed by atoms with Gasteiger partial charge in [-0.1, -0.05) is 30.3 Å². The van der Waals surface area contributed by atoms with Crippen molar-refractivity contribution < 1.29 is 14.6 Å². The third kappa shape index (κ3) is 2.35. The van der Waals surface area contributed by atoms with Crippen LogP contribution >= 0.6 is 11.3 Å². The van der Waals surface area contributed by atoms with Crippen LogP contribution in [0.1, 0.15) is 15.2 Å². The Morgan fingerprint density at radius 1 is 1.20 bits per heavy atom. The molecule has 3 rings (SSSR count). The number of thiophene rings is 1. The van der Waals surface area contributed by atoms with Gasteiger partial charge in [0.1, 0.15) is 17.2 Å². The van der Waals surface area contributed by atoms with E-state index >= 15 is 0 Å². The second kappa shape index (κ2) is 5.30. The second-order valence-electron chi connectivity index (χ2n) is 4.18. The van der Waals surface area contributed by atoms with Crippen molar-refractivity contribution in [3.8, 4) is 5.75 Å². The quantitative estimate of drug-likeness (QED) is 0.737. The number of carbonyl (C=O) groups is 1. The second-order valence-corrected chi connectivity index (χ2v) is 5.18. The Balaban J connectivity index is 1.97. The van der Waals surface area contributed by atoms with Crippen LogP contribution in [-0.2, 0) is 6.61 Å². The third-order valence-corrected chi connectivity index (χ3v) is 3.91. The van der Waals surface area contributed by atoms with E-state index in [0.29, 0.717) is 22.6 Å². The van der Waals surface area contributed by atoms with Gasteiger partial charge in [-0.25, -0.2) is 4.98 Å². The molecule has 4 nitrogen and oxygen atoms in total. The van der Waals surface area contributed by atoms with Crippen LogP contribution in [-0.4, -0.2) is 11.0 Å². The van der Waals surface area contributed by atoms with Crippen molar-refractivity contribution >= 4 is 27.5 Å². The van der Waals surface area contributed by atoms with Gasteiger partial charge in [0.05, 0.1) is 16.2 Å². The van der Waals surface area contributed by atoms with E-state index in [1.165, 1.54) is 0 Å². The Morgan fingerprint density at radius 2 is 2.00 bits per heavy atom. The van der Waals surface area contributed by atoms with Crippen molar-refractivity contribution in [1.29, 1.82) is 0 Å². The highest BCUT2D eigenvalue weighted by atomic mass is 32.1. The van der Waals surface area contributed by atoms with E-state index in [2.05, 4.69) is 4.98 Å². The van der Waals surface area contributed by atoms with E-state index in [1.807, 2.05) is 30.3 Å². The maximum absolute atomic E-state index is 11.2. The molecule has 0 aliphatic heterocycles. The predicted octanol–water partition coefficient (Wildman–Crippen LogP) is 2.24. The van der Waals surface area contributed by atoms with Gasteiger partial charge in [-0.2, -0.15) is 0 Å². The standard InChI is InChI=1S/C15H11NO3S/c17-15(18)13-12(11-7-4-8-16-14(11)20-13)19-9-10-5-2-1-3-6-10/h1-8H,9H2,(H,17,18)/p-1. The van der Waals surface area contributed by atoms with E-state index in [4.69, 9.17) is 4.74 Å². The van der Waals surface area contributed by atoms with Crippen molar-refractivity contribution in [2.45, 2.75) is 6.61 Å². The van der Waals surface area contributed by atoms with Crippen LogP contribution in [0.15, 0.2) is 48.7 Å². The lowest BCUT2D eigenvalue weighted by atomic mass is 10.2. The largest absolute Gasteiger partial charge is 0.544 e. The number of benzene rings is 1. The fourth-order valence-electron chi connectivity index (χ4n) is 1.92. The molecule has 0 fully saturated rings. The molecule has 0 saturated heterocycles. The van der Waals surface area contributed by atoms with Crippen LogP contribution in [0.5, 0.6) is 5.75 Å². The van der Waals surface area contributed by atoms with Crippen LogP contribution in [0.2, 0.25) is 0 Å². The van der Waals surface area contributed by atoms with Gasteiger partial charge < -0.3 is 14.6 Å². The molecule has 0 bridgehead atoms. The van der Waals surface area contributed by atoms with Crippen molar-refractivity contribution in [2.24, 2.45) is 0 Å². The molecule has 2 heterocycles. The minimum Gasteiger partial charge on any atom is -0.544 e. The van der Waals surface area contributed by atoms with Crippen LogP contribution in [0.3, 0.4) is 0 Å². The summed E-state index contributed by atoms with van der Waals surface area (Å²) < 4.78 is 5.69. The molecular formula is C15H10NO3S-. The monoisotopic (exact) mass is 284 g/mol. The summed E-state index contributed by atoms with van der Waals surface area (Å²) in [5.41, 5.74) is 0.972. The number of hydrogen-bond donors (Lipinski definition) is 0. The first kappa shape index (κ1) is 12.6. The number of aromatic carboxylic acids is 1. The number of aromatic nitrogens is 1. The molecule has 3 aromatic rings. The molecule has 0 unspecified atom stereocenters. The van der Waals surface area contributed by atoms with Gasteiger partial charge in [0, 0.05) is 6.20 Å². The third-order valence-electron chi connectivity index (χ3n) is 2.83. The Labute approximate surface area is 119 Å². The summed E-state index contributed by atoms with van der Waals surface area (Å²) in [5, 5.41) is 11.9. The number of rotatable bonds is 4. The number of ether oxygens (including phenoxy) is 1. The van der Waals surface area contributed by atoms with Gasteiger partial charge in [-0.05, 0) is 17.7 Å². The Bertz CT molecular complexity index is 752. The van der Waals surface area contributed by atoms with Gasteiger partial charge in [-0.3, -0.25) is 0 Å². The van der Waals surface area contributed by atoms with E-state index in [1.54, 1.807) is 18.3 Å². The smallest absolute Gasteiger partial charge is 0.149 e. The van der Waals surface area contributed by atoms with Gasteiger partial charge in [0.25, 0.3) is 0 Å². The molecule has 100 valence electrons. The number of carboxylic acid groups (broad SMARTS) is 1. The molecule has 5 heteroatoms. The number of fused-ring (bicyclic) bond motifs is 1. The first-order valence-electron chi connectivity index (χ1n) is 6.01. The molecule has 0 spiro atoms. The lowest BCUT2D eigenvalue weighted by Gasteiger charge is -2.08. The molecule has 1 aromatic carbocycles. The van der Waals surface area contributed by atoms with Crippen LogP contribution in [0, 0.1) is 0 Å². The Morgan fingerprint density at radius 3 is 2.75 bits per heavy atom. The molecule has 20 heavy (non-hydrogen) atoms. The van der Waals surface area contributed by atoms with Gasteiger partial charge in [0.15, 0.2) is 0 Å². The molecule has 0 atom stereocenters. The van der Waals surface area contributed by atoms with Gasteiger partial charge in [0.2, 0.25) is 0 Å². The van der Waals surface area contributed by atoms with Crippen molar-refractivity contribution in [2.75, 3.05) is 0 Å². The van der Waals surface area contributed by atoms with E-state index < -0.39 is 5.97 Å². The summed E-state index contributed by atoms with van der Waals surface area (Å²) in [7, 11) is 0. The molecule has 0 N–H and O–H groups in total. The average Bonchev–Trinajstić information content (AvgIpc) is 2.85. The fourth-order valence-corrected chi connectivity index (χ4v) is 2.84. The van der Waals surface area contributed by atoms with Gasteiger partial charge >= 0.3 is 0 Å². The van der Waals surface area contributed by atoms with E-state index in [9.17, 15) is 9.90 Å². The summed E-state index contributed by atoms with van der Waals surface area (Å²) in [5.74, 6) is -0.905. The summed E-state index contributed by atoms with van der Waals surface area (Å²) in [4.78, 5) is 16.1. The molecule has 0 aliphatic carbocycles. The normalized spacial score (nSPS) is 10.6. The maximum Gasteiger partial charge on any atom is 0.149 e. The maximum atomic E-state index is 11.2. The van der Waals surface area contributed by atoms with E-state index in [0.717, 1.165) is 16.9 Å². The first-order chi connectivity index (χ1) is 9.75. The number of hydrogen-bond acceptors (Lipinski definition) is 5. The average molecular weight is 284 g/mol. The number of nitrogens with zero attached hydrogens (tertiary/aromatic N) is 1. The van der Waals surface area contributed by atoms with Crippen molar-refractivity contribution in [3.63, 3.8) is 0 Å². The highest BCUT2D eigenvalue weighted by Gasteiger charge is 2.15. The zero-order valence-electron chi connectivity index (χ0n) is 10.4. The Kier molecular flexibility index (Phi) is 3.35. The molecule has 2 aromatic heterocycles. The molecule has 0 amide bonds.